The second-order valence-electron chi connectivity index (χ2n) is 4.16. The van der Waals surface area contributed by atoms with Crippen LogP contribution in [0.3, 0.4) is 0 Å². The molecule has 6 heteroatoms. The molecule has 0 saturated carbocycles. The predicted molar refractivity (Wildman–Crippen MR) is 70.6 cm³/mol. The molecule has 1 heterocycles. The van der Waals surface area contributed by atoms with E-state index in [-0.39, 0.29) is 0 Å². The Morgan fingerprint density at radius 1 is 1.44 bits per heavy atom. The van der Waals surface area contributed by atoms with Crippen LogP contribution in [-0.4, -0.2) is 55.0 Å². The predicted octanol–water partition coefficient (Wildman–Crippen LogP) is 0.0296. The second kappa shape index (κ2) is 7.97. The molecule has 0 saturated heterocycles. The fourth-order valence-electron chi connectivity index (χ4n) is 1.55. The molecule has 18 heavy (non-hydrogen) atoms. The Kier molecular flexibility index (Phi) is 6.56. The van der Waals surface area contributed by atoms with Gasteiger partial charge in [0, 0.05) is 45.2 Å². The number of hydrogen-bond donors (Lipinski definition) is 2. The maximum absolute atomic E-state index is 9.62. The Morgan fingerprint density at radius 2 is 2.11 bits per heavy atom. The van der Waals surface area contributed by atoms with Gasteiger partial charge in [-0.2, -0.15) is 0 Å². The molecule has 0 bridgehead atoms. The number of hydrogen-bond acceptors (Lipinski definition) is 6. The zero-order chi connectivity index (χ0) is 13.4. The molecule has 0 radical (unpaired) electrons. The molecule has 0 aliphatic heterocycles. The SMILES string of the molecule is CCNCc1cnc(N(C)CC(O)COC)nc1. The molecule has 0 aliphatic carbocycles. The zero-order valence-electron chi connectivity index (χ0n) is 11.3. The molecule has 1 unspecified atom stereocenters. The summed E-state index contributed by atoms with van der Waals surface area (Å²) in [5.41, 5.74) is 1.05. The lowest BCUT2D eigenvalue weighted by atomic mass is 10.3. The number of aromatic nitrogens is 2. The van der Waals surface area contributed by atoms with Crippen molar-refractivity contribution in [2.45, 2.75) is 19.6 Å². The fourth-order valence-corrected chi connectivity index (χ4v) is 1.55. The van der Waals surface area contributed by atoms with Crippen LogP contribution in [0.4, 0.5) is 5.95 Å². The molecular weight excluding hydrogens is 232 g/mol. The second-order valence-corrected chi connectivity index (χ2v) is 4.16. The van der Waals surface area contributed by atoms with Crippen molar-refractivity contribution in [3.63, 3.8) is 0 Å². The van der Waals surface area contributed by atoms with Crippen molar-refractivity contribution >= 4 is 5.95 Å². The summed E-state index contributed by atoms with van der Waals surface area (Å²) >= 11 is 0. The monoisotopic (exact) mass is 254 g/mol. The van der Waals surface area contributed by atoms with Gasteiger partial charge in [-0.3, -0.25) is 0 Å². The van der Waals surface area contributed by atoms with Crippen molar-refractivity contribution in [3.8, 4) is 0 Å². The summed E-state index contributed by atoms with van der Waals surface area (Å²) in [5, 5.41) is 12.8. The Hall–Kier alpha value is -1.24. The van der Waals surface area contributed by atoms with E-state index >= 15 is 0 Å². The molecule has 0 fully saturated rings. The third kappa shape index (κ3) is 4.95. The van der Waals surface area contributed by atoms with Crippen molar-refractivity contribution in [1.82, 2.24) is 15.3 Å². The highest BCUT2D eigenvalue weighted by Crippen LogP contribution is 2.05. The molecule has 1 rings (SSSR count). The average molecular weight is 254 g/mol. The summed E-state index contributed by atoms with van der Waals surface area (Å²) in [7, 11) is 3.41. The molecule has 1 aromatic heterocycles. The number of methoxy groups -OCH3 is 1. The van der Waals surface area contributed by atoms with Crippen LogP contribution in [-0.2, 0) is 11.3 Å². The topological polar surface area (TPSA) is 70.5 Å². The first-order valence-corrected chi connectivity index (χ1v) is 6.07. The van der Waals surface area contributed by atoms with Gasteiger partial charge in [-0.05, 0) is 6.54 Å². The van der Waals surface area contributed by atoms with Gasteiger partial charge in [0.2, 0.25) is 5.95 Å². The van der Waals surface area contributed by atoms with Gasteiger partial charge in [-0.25, -0.2) is 9.97 Å². The maximum Gasteiger partial charge on any atom is 0.225 e. The van der Waals surface area contributed by atoms with E-state index in [2.05, 4.69) is 22.2 Å². The van der Waals surface area contributed by atoms with Crippen LogP contribution in [0.5, 0.6) is 0 Å². The molecular formula is C12H22N4O2. The number of rotatable bonds is 8. The highest BCUT2D eigenvalue weighted by atomic mass is 16.5. The minimum Gasteiger partial charge on any atom is -0.389 e. The molecule has 102 valence electrons. The van der Waals surface area contributed by atoms with E-state index < -0.39 is 6.10 Å². The van der Waals surface area contributed by atoms with Crippen LogP contribution in [0.15, 0.2) is 12.4 Å². The summed E-state index contributed by atoms with van der Waals surface area (Å²) in [6, 6.07) is 0. The van der Waals surface area contributed by atoms with Crippen LogP contribution < -0.4 is 10.2 Å². The van der Waals surface area contributed by atoms with Gasteiger partial charge < -0.3 is 20.1 Å². The van der Waals surface area contributed by atoms with Gasteiger partial charge >= 0.3 is 0 Å². The largest absolute Gasteiger partial charge is 0.389 e. The van der Waals surface area contributed by atoms with Crippen molar-refractivity contribution in [1.29, 1.82) is 0 Å². The first-order chi connectivity index (χ1) is 8.67. The normalized spacial score (nSPS) is 12.4. The number of likely N-dealkylation sites (N-methyl/N-ethyl adjacent to an activating group) is 1. The van der Waals surface area contributed by atoms with Crippen molar-refractivity contribution in [2.24, 2.45) is 0 Å². The third-order valence-corrected chi connectivity index (χ3v) is 2.46. The molecule has 0 aliphatic rings. The summed E-state index contributed by atoms with van der Waals surface area (Å²) in [6.45, 7) is 4.50. The van der Waals surface area contributed by atoms with E-state index in [1.165, 1.54) is 0 Å². The highest BCUT2D eigenvalue weighted by Gasteiger charge is 2.10. The Morgan fingerprint density at radius 3 is 2.67 bits per heavy atom. The maximum atomic E-state index is 9.62. The average Bonchev–Trinajstić information content (AvgIpc) is 2.37. The summed E-state index contributed by atoms with van der Waals surface area (Å²) in [4.78, 5) is 10.3. The number of nitrogens with one attached hydrogen (secondary N) is 1. The van der Waals surface area contributed by atoms with Crippen LogP contribution in [0, 0.1) is 0 Å². The van der Waals surface area contributed by atoms with E-state index in [0.29, 0.717) is 19.1 Å². The fraction of sp³-hybridized carbons (Fsp3) is 0.667. The standard InChI is InChI=1S/C12H22N4O2/c1-4-13-5-10-6-14-12(15-7-10)16(2)8-11(17)9-18-3/h6-7,11,13,17H,4-5,8-9H2,1-3H3. The van der Waals surface area contributed by atoms with Gasteiger partial charge in [0.05, 0.1) is 12.7 Å². The van der Waals surface area contributed by atoms with Crippen molar-refractivity contribution in [2.75, 3.05) is 38.8 Å². The van der Waals surface area contributed by atoms with Gasteiger partial charge in [-0.15, -0.1) is 0 Å². The molecule has 0 spiro atoms. The first-order valence-electron chi connectivity index (χ1n) is 6.07. The number of nitrogens with zero attached hydrogens (tertiary/aromatic N) is 3. The molecule has 0 amide bonds. The third-order valence-electron chi connectivity index (χ3n) is 2.46. The van der Waals surface area contributed by atoms with Crippen LogP contribution in [0.2, 0.25) is 0 Å². The smallest absolute Gasteiger partial charge is 0.225 e. The van der Waals surface area contributed by atoms with E-state index in [0.717, 1.165) is 18.7 Å². The van der Waals surface area contributed by atoms with Crippen LogP contribution >= 0.6 is 0 Å². The molecule has 0 aromatic carbocycles. The molecule has 1 aromatic rings. The number of anilines is 1. The number of aliphatic hydroxyl groups is 1. The first kappa shape index (κ1) is 14.8. The van der Waals surface area contributed by atoms with E-state index in [4.69, 9.17) is 4.74 Å². The lowest BCUT2D eigenvalue weighted by molar-refractivity contribution is 0.0693. The molecule has 1 atom stereocenters. The Balaban J connectivity index is 2.50. The zero-order valence-corrected chi connectivity index (χ0v) is 11.3. The lowest BCUT2D eigenvalue weighted by Crippen LogP contribution is -2.32. The number of aliphatic hydroxyl groups excluding tert-OH is 1. The minimum absolute atomic E-state index is 0.308. The van der Waals surface area contributed by atoms with Gasteiger partial charge in [0.1, 0.15) is 0 Å². The van der Waals surface area contributed by atoms with E-state index in [9.17, 15) is 5.11 Å². The minimum atomic E-state index is -0.537. The van der Waals surface area contributed by atoms with Crippen LogP contribution in [0.25, 0.3) is 0 Å². The van der Waals surface area contributed by atoms with Crippen LogP contribution in [0.1, 0.15) is 12.5 Å². The van der Waals surface area contributed by atoms with E-state index in [1.807, 2.05) is 7.05 Å². The van der Waals surface area contributed by atoms with Crippen molar-refractivity contribution < 1.29 is 9.84 Å². The summed E-state index contributed by atoms with van der Waals surface area (Å²) in [6.07, 6.45) is 3.05. The molecule has 2 N–H and O–H groups in total. The summed E-state index contributed by atoms with van der Waals surface area (Å²) < 4.78 is 4.88. The lowest BCUT2D eigenvalue weighted by Gasteiger charge is -2.20. The molecule has 6 nitrogen and oxygen atoms in total. The van der Waals surface area contributed by atoms with E-state index in [1.54, 1.807) is 24.4 Å². The number of ether oxygens (including phenoxy) is 1. The quantitative estimate of drug-likeness (QED) is 0.682. The Labute approximate surface area is 108 Å². The van der Waals surface area contributed by atoms with Gasteiger partial charge in [-0.1, -0.05) is 6.92 Å². The summed E-state index contributed by atoms with van der Waals surface area (Å²) in [5.74, 6) is 0.602. The van der Waals surface area contributed by atoms with Crippen molar-refractivity contribution in [3.05, 3.63) is 18.0 Å². The Bertz CT molecular complexity index is 331. The van der Waals surface area contributed by atoms with Gasteiger partial charge in [0.25, 0.3) is 0 Å². The highest BCUT2D eigenvalue weighted by molar-refractivity contribution is 5.28. The van der Waals surface area contributed by atoms with Gasteiger partial charge in [0.15, 0.2) is 0 Å².